The van der Waals surface area contributed by atoms with Crippen LogP contribution >= 0.6 is 0 Å². The number of para-hydroxylation sites is 1. The van der Waals surface area contributed by atoms with E-state index in [0.29, 0.717) is 11.3 Å². The monoisotopic (exact) mass is 339 g/mol. The number of anilines is 1. The van der Waals surface area contributed by atoms with Crippen LogP contribution in [0.25, 0.3) is 6.08 Å². The van der Waals surface area contributed by atoms with Gasteiger partial charge in [0.25, 0.3) is 11.8 Å². The lowest BCUT2D eigenvalue weighted by Crippen LogP contribution is -2.19. The van der Waals surface area contributed by atoms with E-state index in [1.165, 1.54) is 24.3 Å². The normalized spacial score (nSPS) is 10.6. The topological polar surface area (TPSA) is 105 Å². The standard InChI is InChI=1S/C18H14FN3O3/c19-15-3-1-2-4-16(15)22-18(24)13(10-20)9-12-5-7-14(8-6-12)25-11-17(21)23/h1-9H,11H2,(H2,21,23)(H,22,24)/b13-9+. The Morgan fingerprint density at radius 3 is 2.48 bits per heavy atom. The summed E-state index contributed by atoms with van der Waals surface area (Å²) in [5.41, 5.74) is 5.35. The van der Waals surface area contributed by atoms with Crippen molar-refractivity contribution < 1.29 is 18.7 Å². The molecule has 0 heterocycles. The van der Waals surface area contributed by atoms with Crippen LogP contribution in [-0.4, -0.2) is 18.4 Å². The Hall–Kier alpha value is -3.66. The zero-order valence-electron chi connectivity index (χ0n) is 13.0. The second-order valence-corrected chi connectivity index (χ2v) is 4.93. The Labute approximate surface area is 143 Å². The highest BCUT2D eigenvalue weighted by atomic mass is 19.1. The molecule has 25 heavy (non-hydrogen) atoms. The van der Waals surface area contributed by atoms with Crippen molar-refractivity contribution in [1.82, 2.24) is 0 Å². The highest BCUT2D eigenvalue weighted by Crippen LogP contribution is 2.17. The van der Waals surface area contributed by atoms with Crippen LogP contribution in [0.1, 0.15) is 5.56 Å². The van der Waals surface area contributed by atoms with E-state index >= 15 is 0 Å². The van der Waals surface area contributed by atoms with Gasteiger partial charge in [0.15, 0.2) is 6.61 Å². The molecule has 7 heteroatoms. The first-order chi connectivity index (χ1) is 12.0. The molecule has 0 fully saturated rings. The van der Waals surface area contributed by atoms with E-state index in [-0.39, 0.29) is 17.9 Å². The molecule has 2 rings (SSSR count). The van der Waals surface area contributed by atoms with Crippen molar-refractivity contribution in [3.63, 3.8) is 0 Å². The van der Waals surface area contributed by atoms with E-state index < -0.39 is 17.6 Å². The molecule has 0 aliphatic heterocycles. The lowest BCUT2D eigenvalue weighted by molar-refractivity contribution is -0.120. The third-order valence-corrected chi connectivity index (χ3v) is 3.06. The van der Waals surface area contributed by atoms with Gasteiger partial charge in [-0.1, -0.05) is 24.3 Å². The van der Waals surface area contributed by atoms with Crippen molar-refractivity contribution >= 4 is 23.6 Å². The minimum Gasteiger partial charge on any atom is -0.484 e. The lowest BCUT2D eigenvalue weighted by Gasteiger charge is -2.06. The molecule has 0 spiro atoms. The van der Waals surface area contributed by atoms with Crippen molar-refractivity contribution in [1.29, 1.82) is 5.26 Å². The number of hydrogen-bond acceptors (Lipinski definition) is 4. The molecule has 0 aliphatic rings. The highest BCUT2D eigenvalue weighted by molar-refractivity contribution is 6.09. The second-order valence-electron chi connectivity index (χ2n) is 4.93. The number of amides is 2. The zero-order chi connectivity index (χ0) is 18.2. The Bertz CT molecular complexity index is 855. The van der Waals surface area contributed by atoms with E-state index in [0.717, 1.165) is 0 Å². The summed E-state index contributed by atoms with van der Waals surface area (Å²) in [7, 11) is 0. The van der Waals surface area contributed by atoms with E-state index in [9.17, 15) is 14.0 Å². The maximum atomic E-state index is 13.6. The number of nitrogens with zero attached hydrogens (tertiary/aromatic N) is 1. The molecule has 2 aromatic rings. The molecule has 0 unspecified atom stereocenters. The Balaban J connectivity index is 2.11. The molecule has 0 atom stereocenters. The number of carbonyl (C=O) groups excluding carboxylic acids is 2. The van der Waals surface area contributed by atoms with Gasteiger partial charge in [-0.25, -0.2) is 4.39 Å². The van der Waals surface area contributed by atoms with Crippen molar-refractivity contribution in [2.75, 3.05) is 11.9 Å². The highest BCUT2D eigenvalue weighted by Gasteiger charge is 2.11. The molecule has 0 radical (unpaired) electrons. The van der Waals surface area contributed by atoms with Gasteiger partial charge in [-0.05, 0) is 35.9 Å². The predicted molar refractivity (Wildman–Crippen MR) is 89.8 cm³/mol. The number of carbonyl (C=O) groups is 2. The van der Waals surface area contributed by atoms with Crippen LogP contribution in [0, 0.1) is 17.1 Å². The van der Waals surface area contributed by atoms with Crippen LogP contribution in [0.2, 0.25) is 0 Å². The fourth-order valence-electron chi connectivity index (χ4n) is 1.88. The van der Waals surface area contributed by atoms with Gasteiger partial charge < -0.3 is 15.8 Å². The van der Waals surface area contributed by atoms with Crippen molar-refractivity contribution in [3.8, 4) is 11.8 Å². The van der Waals surface area contributed by atoms with E-state index in [2.05, 4.69) is 5.32 Å². The van der Waals surface area contributed by atoms with Crippen LogP contribution in [0.15, 0.2) is 54.1 Å². The average molecular weight is 339 g/mol. The number of halogens is 1. The summed E-state index contributed by atoms with van der Waals surface area (Å²) in [6, 6.07) is 13.8. The Morgan fingerprint density at radius 1 is 1.20 bits per heavy atom. The number of nitrogens with one attached hydrogen (secondary N) is 1. The number of nitriles is 1. The second kappa shape index (κ2) is 8.26. The largest absolute Gasteiger partial charge is 0.484 e. The number of primary amides is 1. The molecule has 0 bridgehead atoms. The van der Waals surface area contributed by atoms with E-state index in [1.807, 2.05) is 0 Å². The lowest BCUT2D eigenvalue weighted by atomic mass is 10.1. The minimum absolute atomic E-state index is 0.0103. The third kappa shape index (κ3) is 5.18. The molecule has 0 saturated carbocycles. The number of benzene rings is 2. The molecule has 0 aliphatic carbocycles. The summed E-state index contributed by atoms with van der Waals surface area (Å²) in [5.74, 6) is -1.49. The van der Waals surface area contributed by atoms with Gasteiger partial charge in [0.2, 0.25) is 0 Å². The quantitative estimate of drug-likeness (QED) is 0.622. The molecule has 2 aromatic carbocycles. The SMILES string of the molecule is N#C/C(=C\c1ccc(OCC(N)=O)cc1)C(=O)Nc1ccccc1F. The summed E-state index contributed by atoms with van der Waals surface area (Å²) < 4.78 is 18.7. The minimum atomic E-state index is -0.721. The number of hydrogen-bond donors (Lipinski definition) is 2. The smallest absolute Gasteiger partial charge is 0.266 e. The molecule has 6 nitrogen and oxygen atoms in total. The van der Waals surface area contributed by atoms with Gasteiger partial charge >= 0.3 is 0 Å². The fraction of sp³-hybridized carbons (Fsp3) is 0.0556. The maximum Gasteiger partial charge on any atom is 0.266 e. The van der Waals surface area contributed by atoms with Crippen LogP contribution in [0.4, 0.5) is 10.1 Å². The van der Waals surface area contributed by atoms with Crippen molar-refractivity contribution in [2.24, 2.45) is 5.73 Å². The van der Waals surface area contributed by atoms with Gasteiger partial charge in [0.1, 0.15) is 23.2 Å². The van der Waals surface area contributed by atoms with E-state index in [4.69, 9.17) is 15.7 Å². The molecule has 0 saturated heterocycles. The van der Waals surface area contributed by atoms with Crippen LogP contribution in [0.5, 0.6) is 5.75 Å². The predicted octanol–water partition coefficient (Wildman–Crippen LogP) is 2.24. The molecular weight excluding hydrogens is 325 g/mol. The van der Waals surface area contributed by atoms with Gasteiger partial charge in [-0.2, -0.15) is 5.26 Å². The third-order valence-electron chi connectivity index (χ3n) is 3.06. The van der Waals surface area contributed by atoms with Crippen LogP contribution in [0.3, 0.4) is 0 Å². The first-order valence-corrected chi connectivity index (χ1v) is 7.18. The average Bonchev–Trinajstić information content (AvgIpc) is 2.60. The van der Waals surface area contributed by atoms with Crippen LogP contribution < -0.4 is 15.8 Å². The van der Waals surface area contributed by atoms with Gasteiger partial charge in [0.05, 0.1) is 5.69 Å². The Kier molecular flexibility index (Phi) is 5.85. The maximum absolute atomic E-state index is 13.6. The summed E-state index contributed by atoms with van der Waals surface area (Å²) >= 11 is 0. The van der Waals surface area contributed by atoms with Crippen molar-refractivity contribution in [2.45, 2.75) is 0 Å². The molecule has 0 aromatic heterocycles. The molecule has 126 valence electrons. The van der Waals surface area contributed by atoms with Gasteiger partial charge in [-0.15, -0.1) is 0 Å². The molecule has 3 N–H and O–H groups in total. The zero-order valence-corrected chi connectivity index (χ0v) is 13.0. The van der Waals surface area contributed by atoms with Crippen molar-refractivity contribution in [3.05, 3.63) is 65.5 Å². The number of nitrogens with two attached hydrogens (primary N) is 1. The molecular formula is C18H14FN3O3. The Morgan fingerprint density at radius 2 is 1.88 bits per heavy atom. The number of ether oxygens (including phenoxy) is 1. The summed E-state index contributed by atoms with van der Waals surface area (Å²) in [6.07, 6.45) is 1.36. The van der Waals surface area contributed by atoms with Gasteiger partial charge in [-0.3, -0.25) is 9.59 Å². The molecule has 2 amide bonds. The van der Waals surface area contributed by atoms with Gasteiger partial charge in [0, 0.05) is 0 Å². The first kappa shape index (κ1) is 17.7. The van der Waals surface area contributed by atoms with Crippen LogP contribution in [-0.2, 0) is 9.59 Å². The first-order valence-electron chi connectivity index (χ1n) is 7.18. The summed E-state index contributed by atoms with van der Waals surface area (Å²) in [6.45, 7) is -0.246. The summed E-state index contributed by atoms with van der Waals surface area (Å²) in [5, 5.41) is 11.5. The number of rotatable bonds is 6. The summed E-state index contributed by atoms with van der Waals surface area (Å²) in [4.78, 5) is 22.8. The fourth-order valence-corrected chi connectivity index (χ4v) is 1.88. The van der Waals surface area contributed by atoms with E-state index in [1.54, 1.807) is 36.4 Å².